The van der Waals surface area contributed by atoms with Gasteiger partial charge in [-0.25, -0.2) is 9.98 Å². The maximum atomic E-state index is 5.91. The largest absolute Gasteiger partial charge is 0.474 e. The highest BCUT2D eigenvalue weighted by Crippen LogP contribution is 2.23. The van der Waals surface area contributed by atoms with Crippen molar-refractivity contribution in [3.8, 4) is 5.88 Å². The Morgan fingerprint density at radius 2 is 2.23 bits per heavy atom. The first-order valence-corrected chi connectivity index (χ1v) is 8.29. The molecular weight excluding hydrogens is 276 g/mol. The fourth-order valence-corrected chi connectivity index (χ4v) is 2.51. The van der Waals surface area contributed by atoms with Crippen LogP contribution in [0.2, 0.25) is 0 Å². The molecule has 0 spiro atoms. The summed E-state index contributed by atoms with van der Waals surface area (Å²) in [5.41, 5.74) is 6.94. The molecule has 122 valence electrons. The number of aromatic nitrogens is 1. The first-order chi connectivity index (χ1) is 10.6. The van der Waals surface area contributed by atoms with E-state index in [9.17, 15) is 0 Å². The smallest absolute Gasteiger partial charge is 0.213 e. The highest BCUT2D eigenvalue weighted by Gasteiger charge is 2.16. The van der Waals surface area contributed by atoms with Gasteiger partial charge in [-0.3, -0.25) is 0 Å². The van der Waals surface area contributed by atoms with Crippen LogP contribution in [0, 0.1) is 5.92 Å². The summed E-state index contributed by atoms with van der Waals surface area (Å²) >= 11 is 0. The quantitative estimate of drug-likeness (QED) is 0.600. The molecule has 1 heterocycles. The van der Waals surface area contributed by atoms with E-state index in [2.05, 4.69) is 29.1 Å². The minimum atomic E-state index is 0.328. The fourth-order valence-electron chi connectivity index (χ4n) is 2.51. The van der Waals surface area contributed by atoms with Crippen molar-refractivity contribution in [1.82, 2.24) is 10.3 Å². The number of nitrogens with two attached hydrogens (primary N) is 1. The second-order valence-electron chi connectivity index (χ2n) is 6.34. The first-order valence-electron chi connectivity index (χ1n) is 8.29. The van der Waals surface area contributed by atoms with Gasteiger partial charge in [-0.15, -0.1) is 0 Å². The van der Waals surface area contributed by atoms with E-state index in [1.54, 1.807) is 6.20 Å². The van der Waals surface area contributed by atoms with E-state index < -0.39 is 0 Å². The van der Waals surface area contributed by atoms with E-state index in [1.165, 1.54) is 12.8 Å². The minimum absolute atomic E-state index is 0.328. The van der Waals surface area contributed by atoms with Crippen LogP contribution in [0.25, 0.3) is 0 Å². The molecule has 0 unspecified atom stereocenters. The van der Waals surface area contributed by atoms with E-state index in [1.807, 2.05) is 12.1 Å². The monoisotopic (exact) mass is 304 g/mol. The third kappa shape index (κ3) is 5.92. The number of hydrogen-bond acceptors (Lipinski definition) is 3. The first kappa shape index (κ1) is 16.6. The Morgan fingerprint density at radius 3 is 2.95 bits per heavy atom. The van der Waals surface area contributed by atoms with E-state index in [4.69, 9.17) is 10.5 Å². The molecule has 0 amide bonds. The average molecular weight is 304 g/mol. The zero-order chi connectivity index (χ0) is 15.8. The maximum Gasteiger partial charge on any atom is 0.213 e. The van der Waals surface area contributed by atoms with Gasteiger partial charge in [0.15, 0.2) is 5.96 Å². The fraction of sp³-hybridized carbons (Fsp3) is 0.647. The van der Waals surface area contributed by atoms with Crippen LogP contribution in [-0.4, -0.2) is 23.6 Å². The number of aliphatic imine (C=N–C) groups is 1. The Hall–Kier alpha value is -1.78. The highest BCUT2D eigenvalue weighted by molar-refractivity contribution is 5.77. The molecule has 3 N–H and O–H groups in total. The molecular formula is C17H28N4O. The molecule has 5 heteroatoms. The van der Waals surface area contributed by atoms with Crippen molar-refractivity contribution < 1.29 is 4.74 Å². The Labute approximate surface area is 133 Å². The van der Waals surface area contributed by atoms with Crippen LogP contribution in [-0.2, 0) is 6.54 Å². The predicted molar refractivity (Wildman–Crippen MR) is 89.9 cm³/mol. The second-order valence-corrected chi connectivity index (χ2v) is 6.34. The molecule has 1 aromatic rings. The Kier molecular flexibility index (Phi) is 6.49. The lowest BCUT2D eigenvalue weighted by Gasteiger charge is -2.12. The molecule has 0 saturated heterocycles. The molecule has 0 aliphatic heterocycles. The summed E-state index contributed by atoms with van der Waals surface area (Å²) in [6.45, 7) is 5.79. The molecule has 1 aliphatic rings. The Balaban J connectivity index is 1.81. The van der Waals surface area contributed by atoms with Crippen molar-refractivity contribution in [1.29, 1.82) is 0 Å². The average Bonchev–Trinajstić information content (AvgIpc) is 2.98. The van der Waals surface area contributed by atoms with Crippen molar-refractivity contribution in [2.75, 3.05) is 6.54 Å². The Morgan fingerprint density at radius 1 is 1.45 bits per heavy atom. The lowest BCUT2D eigenvalue weighted by molar-refractivity contribution is 0.201. The number of ether oxygens (including phenoxy) is 1. The van der Waals surface area contributed by atoms with Gasteiger partial charge in [0, 0.05) is 18.8 Å². The van der Waals surface area contributed by atoms with Crippen LogP contribution in [0.1, 0.15) is 51.5 Å². The van der Waals surface area contributed by atoms with Gasteiger partial charge in [-0.1, -0.05) is 13.8 Å². The molecule has 0 radical (unpaired) electrons. The van der Waals surface area contributed by atoms with Gasteiger partial charge in [0.05, 0.1) is 6.54 Å². The van der Waals surface area contributed by atoms with E-state index in [-0.39, 0.29) is 0 Å². The van der Waals surface area contributed by atoms with Gasteiger partial charge in [-0.2, -0.15) is 0 Å². The van der Waals surface area contributed by atoms with Crippen LogP contribution in [0.3, 0.4) is 0 Å². The zero-order valence-electron chi connectivity index (χ0n) is 13.7. The number of nitrogens with zero attached hydrogens (tertiary/aromatic N) is 2. The third-order valence-corrected chi connectivity index (χ3v) is 3.85. The van der Waals surface area contributed by atoms with E-state index in [0.717, 1.165) is 31.4 Å². The van der Waals surface area contributed by atoms with Crippen molar-refractivity contribution in [3.63, 3.8) is 0 Å². The second kappa shape index (κ2) is 8.61. The van der Waals surface area contributed by atoms with Gasteiger partial charge in [0.1, 0.15) is 6.10 Å². The van der Waals surface area contributed by atoms with Crippen molar-refractivity contribution in [3.05, 3.63) is 23.9 Å². The van der Waals surface area contributed by atoms with Crippen LogP contribution >= 0.6 is 0 Å². The lowest BCUT2D eigenvalue weighted by atomic mass is 10.1. The molecule has 2 rings (SSSR count). The normalized spacial score (nSPS) is 16.2. The molecule has 1 fully saturated rings. The lowest BCUT2D eigenvalue weighted by Crippen LogP contribution is -2.32. The number of rotatable bonds is 7. The van der Waals surface area contributed by atoms with Gasteiger partial charge < -0.3 is 15.8 Å². The van der Waals surface area contributed by atoms with Gasteiger partial charge in [0.25, 0.3) is 0 Å². The third-order valence-electron chi connectivity index (χ3n) is 3.85. The summed E-state index contributed by atoms with van der Waals surface area (Å²) in [6.07, 6.45) is 7.98. The number of hydrogen-bond donors (Lipinski definition) is 2. The van der Waals surface area contributed by atoms with E-state index in [0.29, 0.717) is 30.4 Å². The summed E-state index contributed by atoms with van der Waals surface area (Å²) in [5, 5.41) is 3.14. The zero-order valence-corrected chi connectivity index (χ0v) is 13.7. The van der Waals surface area contributed by atoms with Gasteiger partial charge in [0.2, 0.25) is 5.88 Å². The van der Waals surface area contributed by atoms with Crippen LogP contribution in [0.15, 0.2) is 23.3 Å². The van der Waals surface area contributed by atoms with Crippen molar-refractivity contribution in [2.45, 2.75) is 58.6 Å². The number of guanidine groups is 1. The molecule has 0 aromatic carbocycles. The van der Waals surface area contributed by atoms with Crippen molar-refractivity contribution in [2.24, 2.45) is 16.6 Å². The predicted octanol–water partition coefficient (Wildman–Crippen LogP) is 2.85. The summed E-state index contributed by atoms with van der Waals surface area (Å²) in [6, 6.07) is 3.91. The van der Waals surface area contributed by atoms with Crippen LogP contribution < -0.4 is 15.8 Å². The minimum Gasteiger partial charge on any atom is -0.474 e. The Bertz CT molecular complexity index is 481. The standard InChI is InChI=1S/C17H28N4O/c1-13(2)7-9-20-17(18)21-12-14-8-10-19-16(11-14)22-15-5-3-4-6-15/h8,10-11,13,15H,3-7,9,12H2,1-2H3,(H3,18,20,21). The molecule has 5 nitrogen and oxygen atoms in total. The van der Waals surface area contributed by atoms with Gasteiger partial charge >= 0.3 is 0 Å². The van der Waals surface area contributed by atoms with Crippen LogP contribution in [0.4, 0.5) is 0 Å². The number of pyridine rings is 1. The molecule has 1 saturated carbocycles. The molecule has 1 aromatic heterocycles. The highest BCUT2D eigenvalue weighted by atomic mass is 16.5. The summed E-state index contributed by atoms with van der Waals surface area (Å²) in [7, 11) is 0. The van der Waals surface area contributed by atoms with E-state index >= 15 is 0 Å². The maximum absolute atomic E-state index is 5.91. The summed E-state index contributed by atoms with van der Waals surface area (Å²) < 4.78 is 5.91. The number of nitrogens with one attached hydrogen (secondary N) is 1. The van der Waals surface area contributed by atoms with Crippen LogP contribution in [0.5, 0.6) is 5.88 Å². The summed E-state index contributed by atoms with van der Waals surface area (Å²) in [4.78, 5) is 8.65. The molecule has 0 atom stereocenters. The molecule has 22 heavy (non-hydrogen) atoms. The SMILES string of the molecule is CC(C)CCNC(N)=NCc1ccnc(OC2CCCC2)c1. The summed E-state index contributed by atoms with van der Waals surface area (Å²) in [5.74, 6) is 1.86. The topological polar surface area (TPSA) is 72.5 Å². The molecule has 1 aliphatic carbocycles. The van der Waals surface area contributed by atoms with Crippen molar-refractivity contribution >= 4 is 5.96 Å². The van der Waals surface area contributed by atoms with Gasteiger partial charge in [-0.05, 0) is 49.7 Å². The molecule has 0 bridgehead atoms.